The number of urea groups is 1. The van der Waals surface area contributed by atoms with E-state index in [1.54, 1.807) is 0 Å². The normalized spacial score (nSPS) is 33.2. The van der Waals surface area contributed by atoms with Crippen molar-refractivity contribution in [1.29, 1.82) is 0 Å². The molecule has 0 bridgehead atoms. The van der Waals surface area contributed by atoms with Gasteiger partial charge in [-0.05, 0) is 44.4 Å². The van der Waals surface area contributed by atoms with Crippen molar-refractivity contribution in [2.75, 3.05) is 7.05 Å². The molecule has 0 aromatic rings. The number of nitrogens with zero attached hydrogens (tertiary/aromatic N) is 1. The molecular formula is C16H28N2O3. The molecule has 5 heteroatoms. The van der Waals surface area contributed by atoms with Crippen LogP contribution in [0.25, 0.3) is 0 Å². The Hall–Kier alpha value is -1.26. The first-order valence-electron chi connectivity index (χ1n) is 8.23. The minimum atomic E-state index is -0.701. The molecule has 0 heterocycles. The third-order valence-corrected chi connectivity index (χ3v) is 5.18. The Bertz CT molecular complexity index is 378. The monoisotopic (exact) mass is 296 g/mol. The lowest BCUT2D eigenvalue weighted by Gasteiger charge is -2.36. The van der Waals surface area contributed by atoms with E-state index in [0.29, 0.717) is 24.8 Å². The van der Waals surface area contributed by atoms with Crippen LogP contribution in [0.15, 0.2) is 0 Å². The number of amides is 2. The predicted molar refractivity (Wildman–Crippen MR) is 81.1 cm³/mol. The molecule has 2 amide bonds. The number of carbonyl (C=O) groups excluding carboxylic acids is 1. The molecule has 2 aliphatic rings. The molecule has 2 N–H and O–H groups in total. The van der Waals surface area contributed by atoms with Gasteiger partial charge in [-0.25, -0.2) is 4.79 Å². The Morgan fingerprint density at radius 3 is 2.33 bits per heavy atom. The van der Waals surface area contributed by atoms with Gasteiger partial charge in [-0.3, -0.25) is 4.79 Å². The zero-order valence-electron chi connectivity index (χ0n) is 13.2. The van der Waals surface area contributed by atoms with Gasteiger partial charge < -0.3 is 15.3 Å². The average Bonchev–Trinajstić information content (AvgIpc) is 2.47. The van der Waals surface area contributed by atoms with Gasteiger partial charge in [0.05, 0.1) is 5.92 Å². The first-order valence-corrected chi connectivity index (χ1v) is 8.23. The highest BCUT2D eigenvalue weighted by Gasteiger charge is 2.29. The van der Waals surface area contributed by atoms with Crippen molar-refractivity contribution in [3.8, 4) is 0 Å². The van der Waals surface area contributed by atoms with Crippen molar-refractivity contribution in [2.24, 2.45) is 11.8 Å². The van der Waals surface area contributed by atoms with Gasteiger partial charge in [0, 0.05) is 19.1 Å². The topological polar surface area (TPSA) is 69.6 Å². The van der Waals surface area contributed by atoms with Gasteiger partial charge in [0.1, 0.15) is 0 Å². The zero-order valence-corrected chi connectivity index (χ0v) is 13.2. The molecule has 0 aromatic heterocycles. The Morgan fingerprint density at radius 1 is 1.10 bits per heavy atom. The molecule has 0 radical (unpaired) electrons. The number of aliphatic carboxylic acids is 1. The van der Waals surface area contributed by atoms with Gasteiger partial charge in [0.25, 0.3) is 0 Å². The molecule has 2 unspecified atom stereocenters. The van der Waals surface area contributed by atoms with Crippen LogP contribution in [0.1, 0.15) is 58.3 Å². The van der Waals surface area contributed by atoms with Crippen LogP contribution in [-0.2, 0) is 4.79 Å². The number of nitrogens with one attached hydrogen (secondary N) is 1. The van der Waals surface area contributed by atoms with Crippen LogP contribution in [0.5, 0.6) is 0 Å². The molecule has 0 spiro atoms. The van der Waals surface area contributed by atoms with Crippen LogP contribution < -0.4 is 5.32 Å². The molecular weight excluding hydrogens is 268 g/mol. The average molecular weight is 296 g/mol. The fourth-order valence-electron chi connectivity index (χ4n) is 3.68. The third-order valence-electron chi connectivity index (χ3n) is 5.18. The minimum Gasteiger partial charge on any atom is -0.481 e. The molecule has 21 heavy (non-hydrogen) atoms. The highest BCUT2D eigenvalue weighted by atomic mass is 16.4. The molecule has 2 atom stereocenters. The Morgan fingerprint density at radius 2 is 1.76 bits per heavy atom. The summed E-state index contributed by atoms with van der Waals surface area (Å²) in [4.78, 5) is 25.1. The number of carbonyl (C=O) groups is 2. The second kappa shape index (κ2) is 7.14. The summed E-state index contributed by atoms with van der Waals surface area (Å²) in [5, 5.41) is 12.1. The first kappa shape index (κ1) is 16.1. The lowest BCUT2D eigenvalue weighted by molar-refractivity contribution is -0.142. The standard InChI is InChI=1S/C16H28N2O3/c1-11-4-3-5-14(10-11)18(2)16(21)17-13-8-6-12(7-9-13)15(19)20/h11-14H,3-10H2,1-2H3,(H,17,21)(H,19,20). The minimum absolute atomic E-state index is 0.00729. The second-order valence-corrected chi connectivity index (χ2v) is 6.87. The highest BCUT2D eigenvalue weighted by molar-refractivity contribution is 5.74. The molecule has 5 nitrogen and oxygen atoms in total. The van der Waals surface area contributed by atoms with Gasteiger partial charge in [-0.1, -0.05) is 19.8 Å². The van der Waals surface area contributed by atoms with Crippen LogP contribution in [0.3, 0.4) is 0 Å². The largest absolute Gasteiger partial charge is 0.481 e. The number of carboxylic acid groups (broad SMARTS) is 1. The number of hydrogen-bond donors (Lipinski definition) is 2. The molecule has 0 saturated heterocycles. The molecule has 2 rings (SSSR count). The summed E-state index contributed by atoms with van der Waals surface area (Å²) in [6.45, 7) is 2.26. The molecule has 2 aliphatic carbocycles. The van der Waals surface area contributed by atoms with Crippen molar-refractivity contribution in [2.45, 2.75) is 70.4 Å². The maximum absolute atomic E-state index is 12.3. The fourth-order valence-corrected chi connectivity index (χ4v) is 3.68. The van der Waals surface area contributed by atoms with Crippen LogP contribution in [0, 0.1) is 11.8 Å². The highest BCUT2D eigenvalue weighted by Crippen LogP contribution is 2.27. The van der Waals surface area contributed by atoms with Gasteiger partial charge in [0.15, 0.2) is 0 Å². The summed E-state index contributed by atoms with van der Waals surface area (Å²) in [6.07, 6.45) is 7.55. The van der Waals surface area contributed by atoms with E-state index in [1.165, 1.54) is 12.8 Å². The van der Waals surface area contributed by atoms with Gasteiger partial charge in [-0.2, -0.15) is 0 Å². The molecule has 0 aromatic carbocycles. The first-order chi connectivity index (χ1) is 9.97. The van der Waals surface area contributed by atoms with Crippen LogP contribution >= 0.6 is 0 Å². The van der Waals surface area contributed by atoms with Crippen molar-refractivity contribution < 1.29 is 14.7 Å². The lowest BCUT2D eigenvalue weighted by atomic mass is 9.86. The van der Waals surface area contributed by atoms with E-state index in [1.807, 2.05) is 11.9 Å². The fraction of sp³-hybridized carbons (Fsp3) is 0.875. The summed E-state index contributed by atoms with van der Waals surface area (Å²) >= 11 is 0. The van der Waals surface area contributed by atoms with Gasteiger partial charge >= 0.3 is 12.0 Å². The predicted octanol–water partition coefficient (Wildman–Crippen LogP) is 2.85. The maximum atomic E-state index is 12.3. The van der Waals surface area contributed by atoms with E-state index < -0.39 is 5.97 Å². The Kier molecular flexibility index (Phi) is 5.48. The molecule has 2 fully saturated rings. The van der Waals surface area contributed by atoms with Crippen LogP contribution in [0.2, 0.25) is 0 Å². The van der Waals surface area contributed by atoms with Crippen molar-refractivity contribution >= 4 is 12.0 Å². The summed E-state index contributed by atoms with van der Waals surface area (Å²) in [7, 11) is 1.89. The molecule has 0 aliphatic heterocycles. The number of rotatable bonds is 3. The summed E-state index contributed by atoms with van der Waals surface area (Å²) in [6, 6.07) is 0.494. The van der Waals surface area contributed by atoms with Crippen LogP contribution in [-0.4, -0.2) is 41.1 Å². The van der Waals surface area contributed by atoms with Crippen LogP contribution in [0.4, 0.5) is 4.79 Å². The van der Waals surface area contributed by atoms with E-state index in [9.17, 15) is 9.59 Å². The van der Waals surface area contributed by atoms with Crippen molar-refractivity contribution in [3.63, 3.8) is 0 Å². The Labute approximate surface area is 127 Å². The lowest BCUT2D eigenvalue weighted by Crippen LogP contribution is -2.49. The smallest absolute Gasteiger partial charge is 0.317 e. The molecule has 120 valence electrons. The van der Waals surface area contributed by atoms with Gasteiger partial charge in [0.2, 0.25) is 0 Å². The van der Waals surface area contributed by atoms with E-state index in [0.717, 1.165) is 25.7 Å². The van der Waals surface area contributed by atoms with E-state index in [-0.39, 0.29) is 18.0 Å². The van der Waals surface area contributed by atoms with E-state index >= 15 is 0 Å². The maximum Gasteiger partial charge on any atom is 0.317 e. The third kappa shape index (κ3) is 4.35. The van der Waals surface area contributed by atoms with E-state index in [4.69, 9.17) is 5.11 Å². The SMILES string of the molecule is CC1CCCC(N(C)C(=O)NC2CCC(C(=O)O)CC2)C1. The zero-order chi connectivity index (χ0) is 15.4. The summed E-state index contributed by atoms with van der Waals surface area (Å²) < 4.78 is 0. The van der Waals surface area contributed by atoms with Crippen molar-refractivity contribution in [1.82, 2.24) is 10.2 Å². The number of carboxylic acids is 1. The summed E-state index contributed by atoms with van der Waals surface area (Å²) in [5.41, 5.74) is 0. The quantitative estimate of drug-likeness (QED) is 0.841. The van der Waals surface area contributed by atoms with Crippen molar-refractivity contribution in [3.05, 3.63) is 0 Å². The second-order valence-electron chi connectivity index (χ2n) is 6.87. The number of hydrogen-bond acceptors (Lipinski definition) is 2. The Balaban J connectivity index is 1.77. The van der Waals surface area contributed by atoms with E-state index in [2.05, 4.69) is 12.2 Å². The molecule has 2 saturated carbocycles. The van der Waals surface area contributed by atoms with Gasteiger partial charge in [-0.15, -0.1) is 0 Å². The summed E-state index contributed by atoms with van der Waals surface area (Å²) in [5.74, 6) is -0.229.